The minimum Gasteiger partial charge on any atom is -0.597 e. The lowest BCUT2D eigenvalue weighted by atomic mass is 10.0. The van der Waals surface area contributed by atoms with Crippen molar-refractivity contribution in [3.8, 4) is 10.4 Å². The fourth-order valence-corrected chi connectivity index (χ4v) is 6.43. The van der Waals surface area contributed by atoms with E-state index in [1.54, 1.807) is 18.3 Å². The smallest absolute Gasteiger partial charge is 0.433 e. The van der Waals surface area contributed by atoms with E-state index in [0.717, 1.165) is 34.5 Å². The van der Waals surface area contributed by atoms with Gasteiger partial charge in [0.05, 0.1) is 29.5 Å². The highest BCUT2D eigenvalue weighted by molar-refractivity contribution is 8.09. The number of hydrogen-bond donors (Lipinski definition) is 2. The summed E-state index contributed by atoms with van der Waals surface area (Å²) >= 11 is -0.634. The number of anilines is 2. The molecule has 0 radical (unpaired) electrons. The van der Waals surface area contributed by atoms with E-state index in [1.807, 2.05) is 13.0 Å². The number of rotatable bonds is 8. The largest absolute Gasteiger partial charge is 0.597 e. The van der Waals surface area contributed by atoms with Crippen LogP contribution >= 0.6 is 11.3 Å². The zero-order valence-corrected chi connectivity index (χ0v) is 22.7. The van der Waals surface area contributed by atoms with E-state index in [-0.39, 0.29) is 19.2 Å². The van der Waals surface area contributed by atoms with Gasteiger partial charge in [-0.25, -0.2) is 23.4 Å². The van der Waals surface area contributed by atoms with Crippen molar-refractivity contribution >= 4 is 44.2 Å². The Bertz CT molecular complexity index is 1410. The molecule has 2 N–H and O–H groups in total. The molecule has 3 heterocycles. The lowest BCUT2D eigenvalue weighted by Gasteiger charge is -2.41. The van der Waals surface area contributed by atoms with Crippen LogP contribution in [0.1, 0.15) is 30.1 Å². The number of nitrogens with zero attached hydrogens (tertiary/aromatic N) is 3. The number of halogens is 3. The third-order valence-corrected chi connectivity index (χ3v) is 11.7. The summed E-state index contributed by atoms with van der Waals surface area (Å²) in [5, 5.41) is 3.39. The summed E-state index contributed by atoms with van der Waals surface area (Å²) in [4.78, 5) is 12.6. The second-order valence-corrected chi connectivity index (χ2v) is 14.7. The van der Waals surface area contributed by atoms with Gasteiger partial charge in [0.25, 0.3) is 0 Å². The number of aryl methyl sites for hydroxylation is 1. The molecule has 1 fully saturated rings. The Hall–Kier alpha value is -2.30. The first-order valence-electron chi connectivity index (χ1n) is 10.8. The summed E-state index contributed by atoms with van der Waals surface area (Å²) in [5.41, 5.74) is 0.0953. The van der Waals surface area contributed by atoms with Gasteiger partial charge < -0.3 is 14.6 Å². The molecule has 4 rings (SSSR count). The molecule has 1 aliphatic rings. The molecule has 1 aliphatic heterocycles. The first-order chi connectivity index (χ1) is 17.1. The van der Waals surface area contributed by atoms with E-state index in [1.165, 1.54) is 25.2 Å². The Morgan fingerprint density at radius 2 is 1.89 bits per heavy atom. The van der Waals surface area contributed by atoms with Gasteiger partial charge in [-0.15, -0.1) is 16.1 Å². The van der Waals surface area contributed by atoms with Crippen molar-refractivity contribution in [2.24, 2.45) is 0 Å². The van der Waals surface area contributed by atoms with Crippen LogP contribution in [0.2, 0.25) is 0 Å². The van der Waals surface area contributed by atoms with Crippen LogP contribution in [-0.2, 0) is 37.7 Å². The maximum absolute atomic E-state index is 13.0. The van der Waals surface area contributed by atoms with Gasteiger partial charge in [0, 0.05) is 38.2 Å². The van der Waals surface area contributed by atoms with Gasteiger partial charge in [0.2, 0.25) is 10.0 Å². The molecule has 1 atom stereocenters. The molecule has 0 bridgehead atoms. The molecular weight excluding hydrogens is 551 g/mol. The predicted molar refractivity (Wildman–Crippen MR) is 135 cm³/mol. The second kappa shape index (κ2) is 9.78. The number of benzene rings is 1. The standard InChI is InChI=1S/C22H24F3N5O4S3/c1-13-7-14(9-15(8-13)28-19-26-6-5-17(29-19)22(23,24)25)16-10-27-18(35-16)21(11-34-12-21)30-36(31)20(2,3)37(4,32)33/h5-10,30H,11-12H2,1-4H3,(H,26,28,29). The zero-order valence-electron chi connectivity index (χ0n) is 20.2. The number of nitrogens with one attached hydrogen (secondary N) is 2. The molecule has 37 heavy (non-hydrogen) atoms. The number of hydrogen-bond acceptors (Lipinski definition) is 10. The number of alkyl halides is 3. The Labute approximate surface area is 219 Å². The van der Waals surface area contributed by atoms with Gasteiger partial charge in [-0.05, 0) is 36.2 Å². The van der Waals surface area contributed by atoms with Crippen molar-refractivity contribution < 1.29 is 30.9 Å². The van der Waals surface area contributed by atoms with Crippen molar-refractivity contribution in [3.63, 3.8) is 0 Å². The Morgan fingerprint density at radius 1 is 1.19 bits per heavy atom. The van der Waals surface area contributed by atoms with Crippen LogP contribution in [0.15, 0.2) is 36.7 Å². The van der Waals surface area contributed by atoms with Crippen LogP contribution in [-0.4, -0.2) is 51.5 Å². The summed E-state index contributed by atoms with van der Waals surface area (Å²) in [7, 11) is -3.62. The average molecular weight is 576 g/mol. The molecule has 1 aromatic carbocycles. The maximum Gasteiger partial charge on any atom is 0.433 e. The van der Waals surface area contributed by atoms with Crippen molar-refractivity contribution in [1.29, 1.82) is 0 Å². The number of sulfone groups is 1. The highest BCUT2D eigenvalue weighted by atomic mass is 32.3. The maximum atomic E-state index is 13.0. The lowest BCUT2D eigenvalue weighted by Crippen LogP contribution is -2.63. The Morgan fingerprint density at radius 3 is 2.49 bits per heavy atom. The van der Waals surface area contributed by atoms with Gasteiger partial charge in [0.15, 0.2) is 15.4 Å². The summed E-state index contributed by atoms with van der Waals surface area (Å²) in [6.07, 6.45) is -0.893. The van der Waals surface area contributed by atoms with Crippen molar-refractivity contribution in [1.82, 2.24) is 19.7 Å². The third-order valence-electron chi connectivity index (χ3n) is 5.80. The molecule has 2 aromatic heterocycles. The molecule has 15 heteroatoms. The van der Waals surface area contributed by atoms with E-state index in [2.05, 4.69) is 25.0 Å². The van der Waals surface area contributed by atoms with Crippen molar-refractivity contribution in [2.75, 3.05) is 24.8 Å². The molecule has 0 amide bonds. The van der Waals surface area contributed by atoms with E-state index in [0.29, 0.717) is 10.7 Å². The minimum absolute atomic E-state index is 0.166. The van der Waals surface area contributed by atoms with Crippen molar-refractivity contribution in [2.45, 2.75) is 36.6 Å². The molecule has 0 spiro atoms. The molecular formula is C22H24F3N5O4S3. The van der Waals surface area contributed by atoms with Crippen LogP contribution in [0.3, 0.4) is 0 Å². The summed E-state index contributed by atoms with van der Waals surface area (Å²) in [6, 6.07) is 6.16. The molecule has 9 nitrogen and oxygen atoms in total. The quantitative estimate of drug-likeness (QED) is 0.384. The first kappa shape index (κ1) is 27.7. The molecule has 3 aromatic rings. The summed E-state index contributed by atoms with van der Waals surface area (Å²) in [5.74, 6) is -0.192. The molecule has 1 unspecified atom stereocenters. The highest BCUT2D eigenvalue weighted by Gasteiger charge is 2.52. The summed E-state index contributed by atoms with van der Waals surface area (Å²) < 4.78 is 83.0. The van der Waals surface area contributed by atoms with Crippen LogP contribution in [0.4, 0.5) is 24.8 Å². The Kier molecular flexibility index (Phi) is 7.33. The van der Waals surface area contributed by atoms with Gasteiger partial charge in [-0.1, -0.05) is 6.07 Å². The van der Waals surface area contributed by atoms with Gasteiger partial charge >= 0.3 is 6.18 Å². The predicted octanol–water partition coefficient (Wildman–Crippen LogP) is 3.93. The number of ether oxygens (including phenoxy) is 1. The topological polar surface area (TPSA) is 129 Å². The molecule has 0 aliphatic carbocycles. The lowest BCUT2D eigenvalue weighted by molar-refractivity contribution is -0.141. The first-order valence-corrected chi connectivity index (χ1v) is 14.7. The second-order valence-electron chi connectivity index (χ2n) is 9.12. The summed E-state index contributed by atoms with van der Waals surface area (Å²) in [6.45, 7) is 4.95. The normalized spacial score (nSPS) is 16.8. The van der Waals surface area contributed by atoms with E-state index in [4.69, 9.17) is 4.74 Å². The van der Waals surface area contributed by atoms with Crippen LogP contribution in [0, 0.1) is 6.92 Å². The Balaban J connectivity index is 1.59. The minimum atomic E-state index is -4.59. The fraction of sp³-hybridized carbons (Fsp3) is 0.409. The van der Waals surface area contributed by atoms with E-state index in [9.17, 15) is 26.1 Å². The highest BCUT2D eigenvalue weighted by Crippen LogP contribution is 2.39. The average Bonchev–Trinajstić information content (AvgIpc) is 3.25. The molecule has 0 saturated carbocycles. The van der Waals surface area contributed by atoms with Gasteiger partial charge in [0.1, 0.15) is 10.7 Å². The van der Waals surface area contributed by atoms with Crippen molar-refractivity contribution in [3.05, 3.63) is 52.9 Å². The molecule has 200 valence electrons. The van der Waals surface area contributed by atoms with E-state index >= 15 is 0 Å². The number of aromatic nitrogens is 3. The van der Waals surface area contributed by atoms with Crippen LogP contribution in [0.5, 0.6) is 0 Å². The third kappa shape index (κ3) is 5.76. The van der Waals surface area contributed by atoms with Gasteiger partial charge in [-0.2, -0.15) is 13.2 Å². The monoisotopic (exact) mass is 575 g/mol. The van der Waals surface area contributed by atoms with Crippen LogP contribution in [0.25, 0.3) is 10.4 Å². The van der Waals surface area contributed by atoms with Gasteiger partial charge in [-0.3, -0.25) is 0 Å². The van der Waals surface area contributed by atoms with Crippen LogP contribution < -0.4 is 10.0 Å². The molecule has 1 saturated heterocycles. The fourth-order valence-electron chi connectivity index (χ4n) is 3.30. The van der Waals surface area contributed by atoms with E-state index < -0.39 is 42.7 Å². The SMILES string of the molecule is Cc1cc(Nc2nccc(C(F)(F)F)n2)cc(-c2cnc(C3(N[S+]([O-])C(C)(C)S(C)(=O)=O)COC3)s2)c1. The zero-order chi connectivity index (χ0) is 27.2. The number of thiazole rings is 1.